The molecule has 164 valence electrons. The molecular formula is C23H26ClN3O4. The molecular weight excluding hydrogens is 418 g/mol. The molecule has 2 aromatic carbocycles. The molecule has 31 heavy (non-hydrogen) atoms. The number of aromatic nitrogens is 2. The third-order valence-corrected chi connectivity index (χ3v) is 4.96. The lowest BCUT2D eigenvalue weighted by Gasteiger charge is -2.17. The van der Waals surface area contributed by atoms with Crippen molar-refractivity contribution in [3.63, 3.8) is 0 Å². The van der Waals surface area contributed by atoms with Crippen molar-refractivity contribution in [2.45, 2.75) is 25.7 Å². The summed E-state index contributed by atoms with van der Waals surface area (Å²) >= 11 is 5.93. The van der Waals surface area contributed by atoms with Crippen LogP contribution in [0, 0.1) is 0 Å². The van der Waals surface area contributed by atoms with Crippen LogP contribution in [-0.4, -0.2) is 48.3 Å². The molecule has 3 rings (SSSR count). The van der Waals surface area contributed by atoms with Gasteiger partial charge in [0, 0.05) is 37.0 Å². The Morgan fingerprint density at radius 1 is 1.13 bits per heavy atom. The van der Waals surface area contributed by atoms with E-state index in [0.29, 0.717) is 49.2 Å². The minimum Gasteiger partial charge on any atom is -0.497 e. The van der Waals surface area contributed by atoms with E-state index in [9.17, 15) is 4.79 Å². The molecule has 1 heterocycles. The third-order valence-electron chi connectivity index (χ3n) is 4.73. The van der Waals surface area contributed by atoms with Crippen LogP contribution in [0.1, 0.15) is 25.2 Å². The molecule has 0 bridgehead atoms. The predicted molar refractivity (Wildman–Crippen MR) is 118 cm³/mol. The first kappa shape index (κ1) is 22.6. The van der Waals surface area contributed by atoms with Gasteiger partial charge < -0.3 is 18.9 Å². The van der Waals surface area contributed by atoms with Gasteiger partial charge in [-0.3, -0.25) is 4.79 Å². The standard InChI is InChI=1S/C23H26ClN3O4/c1-27(14-5-15-30-20-7-3-6-18(24)16-20)22(28)9-4-8-21-25-23(26-31-21)17-10-12-19(29-2)13-11-17/h3,6-7,10-13,16H,4-5,8-9,14-15H2,1-2H3. The highest BCUT2D eigenvalue weighted by molar-refractivity contribution is 6.30. The van der Waals surface area contributed by atoms with Crippen molar-refractivity contribution in [3.05, 3.63) is 59.4 Å². The molecule has 0 aliphatic carbocycles. The average molecular weight is 444 g/mol. The molecule has 7 nitrogen and oxygen atoms in total. The number of hydrogen-bond acceptors (Lipinski definition) is 6. The number of hydrogen-bond donors (Lipinski definition) is 0. The number of benzene rings is 2. The number of carbonyl (C=O) groups excluding carboxylic acids is 1. The Bertz CT molecular complexity index is 975. The smallest absolute Gasteiger partial charge is 0.226 e. The fraction of sp³-hybridized carbons (Fsp3) is 0.348. The molecule has 0 unspecified atom stereocenters. The Kier molecular flexibility index (Phi) is 8.29. The molecule has 0 atom stereocenters. The van der Waals surface area contributed by atoms with Crippen LogP contribution in [0.2, 0.25) is 5.02 Å². The van der Waals surface area contributed by atoms with Gasteiger partial charge in [0.1, 0.15) is 11.5 Å². The number of amides is 1. The van der Waals surface area contributed by atoms with Gasteiger partial charge in [-0.2, -0.15) is 4.98 Å². The van der Waals surface area contributed by atoms with Crippen LogP contribution in [0.5, 0.6) is 11.5 Å². The number of ether oxygens (including phenoxy) is 2. The average Bonchev–Trinajstić information content (AvgIpc) is 3.25. The number of rotatable bonds is 11. The van der Waals surface area contributed by atoms with Crippen molar-refractivity contribution >= 4 is 17.5 Å². The molecule has 0 aliphatic heterocycles. The summed E-state index contributed by atoms with van der Waals surface area (Å²) < 4.78 is 16.1. The van der Waals surface area contributed by atoms with E-state index in [1.165, 1.54) is 0 Å². The normalized spacial score (nSPS) is 10.7. The van der Waals surface area contributed by atoms with Gasteiger partial charge in [0.05, 0.1) is 13.7 Å². The van der Waals surface area contributed by atoms with Crippen molar-refractivity contribution in [2.75, 3.05) is 27.3 Å². The maximum atomic E-state index is 12.3. The van der Waals surface area contributed by atoms with Crippen LogP contribution in [0.25, 0.3) is 11.4 Å². The van der Waals surface area contributed by atoms with Gasteiger partial charge in [-0.05, 0) is 55.3 Å². The lowest BCUT2D eigenvalue weighted by Crippen LogP contribution is -2.28. The Balaban J connectivity index is 1.35. The van der Waals surface area contributed by atoms with Crippen molar-refractivity contribution in [1.82, 2.24) is 15.0 Å². The zero-order valence-electron chi connectivity index (χ0n) is 17.7. The summed E-state index contributed by atoms with van der Waals surface area (Å²) in [6.45, 7) is 1.15. The molecule has 0 saturated carbocycles. The summed E-state index contributed by atoms with van der Waals surface area (Å²) in [5.41, 5.74) is 0.853. The van der Waals surface area contributed by atoms with E-state index < -0.39 is 0 Å². The van der Waals surface area contributed by atoms with E-state index in [1.807, 2.05) is 36.4 Å². The van der Waals surface area contributed by atoms with Crippen LogP contribution in [0.15, 0.2) is 53.1 Å². The van der Waals surface area contributed by atoms with Crippen molar-refractivity contribution < 1.29 is 18.8 Å². The molecule has 8 heteroatoms. The van der Waals surface area contributed by atoms with Crippen molar-refractivity contribution in [2.24, 2.45) is 0 Å². The second-order valence-electron chi connectivity index (χ2n) is 7.07. The van der Waals surface area contributed by atoms with E-state index in [2.05, 4.69) is 10.1 Å². The SMILES string of the molecule is COc1ccc(-c2noc(CCCC(=O)N(C)CCCOc3cccc(Cl)c3)n2)cc1. The van der Waals surface area contributed by atoms with Gasteiger partial charge in [-0.15, -0.1) is 0 Å². The Hall–Kier alpha value is -3.06. The number of halogens is 1. The van der Waals surface area contributed by atoms with Gasteiger partial charge in [-0.25, -0.2) is 0 Å². The highest BCUT2D eigenvalue weighted by atomic mass is 35.5. The van der Waals surface area contributed by atoms with E-state index in [0.717, 1.165) is 23.5 Å². The molecule has 0 saturated heterocycles. The first-order chi connectivity index (χ1) is 15.0. The molecule has 1 amide bonds. The molecule has 0 aliphatic rings. The fourth-order valence-electron chi connectivity index (χ4n) is 2.97. The second-order valence-corrected chi connectivity index (χ2v) is 7.50. The summed E-state index contributed by atoms with van der Waals surface area (Å²) in [6.07, 6.45) is 2.36. The minimum absolute atomic E-state index is 0.0812. The summed E-state index contributed by atoms with van der Waals surface area (Å²) in [4.78, 5) is 18.4. The van der Waals surface area contributed by atoms with Crippen LogP contribution >= 0.6 is 11.6 Å². The van der Waals surface area contributed by atoms with Gasteiger partial charge in [0.25, 0.3) is 0 Å². The quantitative estimate of drug-likeness (QED) is 0.401. The summed E-state index contributed by atoms with van der Waals surface area (Å²) in [6, 6.07) is 14.7. The Morgan fingerprint density at radius 2 is 1.94 bits per heavy atom. The maximum absolute atomic E-state index is 12.3. The number of carbonyl (C=O) groups is 1. The van der Waals surface area contributed by atoms with E-state index >= 15 is 0 Å². The highest BCUT2D eigenvalue weighted by Crippen LogP contribution is 2.20. The topological polar surface area (TPSA) is 77.7 Å². The molecule has 0 N–H and O–H groups in total. The Labute approximate surface area is 186 Å². The molecule has 0 fully saturated rings. The van der Waals surface area contributed by atoms with E-state index in [1.54, 1.807) is 31.2 Å². The van der Waals surface area contributed by atoms with Crippen molar-refractivity contribution in [1.29, 1.82) is 0 Å². The molecule has 0 spiro atoms. The van der Waals surface area contributed by atoms with Crippen molar-refractivity contribution in [3.8, 4) is 22.9 Å². The minimum atomic E-state index is 0.0812. The predicted octanol–water partition coefficient (Wildman–Crippen LogP) is 4.65. The monoisotopic (exact) mass is 443 g/mol. The number of nitrogens with zero attached hydrogens (tertiary/aromatic N) is 3. The summed E-state index contributed by atoms with van der Waals surface area (Å²) in [5.74, 6) is 2.64. The molecule has 0 radical (unpaired) electrons. The first-order valence-corrected chi connectivity index (χ1v) is 10.5. The largest absolute Gasteiger partial charge is 0.497 e. The summed E-state index contributed by atoms with van der Waals surface area (Å²) in [7, 11) is 3.42. The van der Waals surface area contributed by atoms with Gasteiger partial charge in [0.2, 0.25) is 17.6 Å². The van der Waals surface area contributed by atoms with Crippen LogP contribution in [-0.2, 0) is 11.2 Å². The van der Waals surface area contributed by atoms with Gasteiger partial charge in [0.15, 0.2) is 0 Å². The zero-order chi connectivity index (χ0) is 22.1. The number of aryl methyl sites for hydroxylation is 1. The summed E-state index contributed by atoms with van der Waals surface area (Å²) in [5, 5.41) is 4.65. The lowest BCUT2D eigenvalue weighted by molar-refractivity contribution is -0.130. The molecule has 3 aromatic rings. The van der Waals surface area contributed by atoms with Crippen LogP contribution < -0.4 is 9.47 Å². The fourth-order valence-corrected chi connectivity index (χ4v) is 3.15. The maximum Gasteiger partial charge on any atom is 0.226 e. The Morgan fingerprint density at radius 3 is 2.68 bits per heavy atom. The molecule has 1 aromatic heterocycles. The lowest BCUT2D eigenvalue weighted by atomic mass is 10.2. The van der Waals surface area contributed by atoms with Gasteiger partial charge >= 0.3 is 0 Å². The second kappa shape index (κ2) is 11.4. The van der Waals surface area contributed by atoms with E-state index in [-0.39, 0.29) is 5.91 Å². The van der Waals surface area contributed by atoms with Crippen LogP contribution in [0.3, 0.4) is 0 Å². The number of methoxy groups -OCH3 is 1. The third kappa shape index (κ3) is 7.00. The zero-order valence-corrected chi connectivity index (χ0v) is 18.5. The van der Waals surface area contributed by atoms with E-state index in [4.69, 9.17) is 25.6 Å². The first-order valence-electron chi connectivity index (χ1n) is 10.1. The highest BCUT2D eigenvalue weighted by Gasteiger charge is 2.12. The van der Waals surface area contributed by atoms with Crippen LogP contribution in [0.4, 0.5) is 0 Å². The van der Waals surface area contributed by atoms with Gasteiger partial charge in [-0.1, -0.05) is 22.8 Å².